The van der Waals surface area contributed by atoms with Crippen molar-refractivity contribution in [3.05, 3.63) is 75.1 Å². The predicted molar refractivity (Wildman–Crippen MR) is 123 cm³/mol. The quantitative estimate of drug-likeness (QED) is 0.654. The Morgan fingerprint density at radius 3 is 2.52 bits per heavy atom. The smallest absolute Gasteiger partial charge is 0.269 e. The summed E-state index contributed by atoms with van der Waals surface area (Å²) in [5.41, 5.74) is 5.29. The Morgan fingerprint density at radius 1 is 1.06 bits per heavy atom. The summed E-state index contributed by atoms with van der Waals surface area (Å²) in [6.45, 7) is 3.78. The van der Waals surface area contributed by atoms with Crippen LogP contribution in [0.3, 0.4) is 0 Å². The lowest BCUT2D eigenvalue weighted by Gasteiger charge is -2.20. The van der Waals surface area contributed by atoms with Crippen LogP contribution >= 0.6 is 0 Å². The lowest BCUT2D eigenvalue weighted by Crippen LogP contribution is -2.28. The second-order valence-corrected chi connectivity index (χ2v) is 9.69. The van der Waals surface area contributed by atoms with E-state index in [0.717, 1.165) is 48.8 Å². The number of nitrogens with one attached hydrogen (secondary N) is 1. The molecule has 4 rings (SSSR count). The van der Waals surface area contributed by atoms with Crippen molar-refractivity contribution in [3.63, 3.8) is 0 Å². The van der Waals surface area contributed by atoms with E-state index in [4.69, 9.17) is 0 Å². The van der Waals surface area contributed by atoms with Gasteiger partial charge in [-0.3, -0.25) is 9.52 Å². The second-order valence-electron chi connectivity index (χ2n) is 8.04. The van der Waals surface area contributed by atoms with E-state index in [1.54, 1.807) is 32.2 Å². The standard InChI is InChI=1S/C24H27N3O3S/c1-4-17-9-5-8-12-21(17)26-31(29,30)22-15-18(14-13-16(22)2)23-19-10-6-7-11-20(19)24(28)27(3)25-23/h5,8-9,12-15,26H,4,6-7,10-11H2,1-3H3. The molecule has 0 aliphatic heterocycles. The summed E-state index contributed by atoms with van der Waals surface area (Å²) >= 11 is 0. The van der Waals surface area contributed by atoms with Gasteiger partial charge in [0, 0.05) is 18.2 Å². The highest BCUT2D eigenvalue weighted by Gasteiger charge is 2.23. The molecule has 2 aromatic carbocycles. The summed E-state index contributed by atoms with van der Waals surface area (Å²) in [5, 5.41) is 4.51. The van der Waals surface area contributed by atoms with Crippen LogP contribution in [0.1, 0.15) is 42.0 Å². The third kappa shape index (κ3) is 4.02. The van der Waals surface area contributed by atoms with E-state index in [9.17, 15) is 13.2 Å². The van der Waals surface area contributed by atoms with Crippen LogP contribution < -0.4 is 10.3 Å². The summed E-state index contributed by atoms with van der Waals surface area (Å²) < 4.78 is 30.7. The number of aryl methyl sites for hydroxylation is 3. The van der Waals surface area contributed by atoms with E-state index in [1.807, 2.05) is 31.2 Å². The monoisotopic (exact) mass is 437 g/mol. The molecule has 1 aliphatic rings. The predicted octanol–water partition coefficient (Wildman–Crippen LogP) is 4.00. The lowest BCUT2D eigenvalue weighted by molar-refractivity contribution is 0.600. The average molecular weight is 438 g/mol. The zero-order valence-corrected chi connectivity index (χ0v) is 18.9. The van der Waals surface area contributed by atoms with Crippen LogP contribution in [-0.4, -0.2) is 18.2 Å². The van der Waals surface area contributed by atoms with Crippen molar-refractivity contribution in [1.82, 2.24) is 9.78 Å². The van der Waals surface area contributed by atoms with Crippen molar-refractivity contribution in [1.29, 1.82) is 0 Å². The fraction of sp³-hybridized carbons (Fsp3) is 0.333. The average Bonchev–Trinajstić information content (AvgIpc) is 2.77. The maximum atomic E-state index is 13.3. The number of rotatable bonds is 5. The van der Waals surface area contributed by atoms with E-state index < -0.39 is 10.0 Å². The maximum Gasteiger partial charge on any atom is 0.269 e. The van der Waals surface area contributed by atoms with Gasteiger partial charge in [-0.2, -0.15) is 5.10 Å². The minimum atomic E-state index is -3.79. The summed E-state index contributed by atoms with van der Waals surface area (Å²) in [5.74, 6) is 0. The Morgan fingerprint density at radius 2 is 1.77 bits per heavy atom. The Bertz CT molecular complexity index is 1310. The highest BCUT2D eigenvalue weighted by atomic mass is 32.2. The third-order valence-corrected chi connectivity index (χ3v) is 7.46. The zero-order chi connectivity index (χ0) is 22.2. The highest BCUT2D eigenvalue weighted by molar-refractivity contribution is 7.92. The number of aromatic nitrogens is 2. The van der Waals surface area contributed by atoms with Gasteiger partial charge in [-0.15, -0.1) is 0 Å². The molecule has 3 aromatic rings. The van der Waals surface area contributed by atoms with E-state index in [1.165, 1.54) is 4.68 Å². The molecule has 1 heterocycles. The first-order chi connectivity index (χ1) is 14.8. The van der Waals surface area contributed by atoms with E-state index in [-0.39, 0.29) is 10.5 Å². The fourth-order valence-corrected chi connectivity index (χ4v) is 5.62. The molecule has 31 heavy (non-hydrogen) atoms. The molecule has 7 heteroatoms. The van der Waals surface area contributed by atoms with Crippen molar-refractivity contribution in [2.24, 2.45) is 7.05 Å². The number of para-hydroxylation sites is 1. The Balaban J connectivity index is 1.82. The molecule has 0 atom stereocenters. The molecule has 0 saturated heterocycles. The molecule has 0 amide bonds. The van der Waals surface area contributed by atoms with Crippen LogP contribution in [0.4, 0.5) is 5.69 Å². The molecule has 1 aromatic heterocycles. The Hall–Kier alpha value is -2.93. The number of hydrogen-bond donors (Lipinski definition) is 1. The molecule has 162 valence electrons. The number of anilines is 1. The number of nitrogens with zero attached hydrogens (tertiary/aromatic N) is 2. The third-order valence-electron chi connectivity index (χ3n) is 5.95. The molecule has 0 fully saturated rings. The highest BCUT2D eigenvalue weighted by Crippen LogP contribution is 2.31. The molecular weight excluding hydrogens is 410 g/mol. The molecule has 6 nitrogen and oxygen atoms in total. The van der Waals surface area contributed by atoms with Crippen LogP contribution in [0.2, 0.25) is 0 Å². The topological polar surface area (TPSA) is 81.1 Å². The first-order valence-corrected chi connectivity index (χ1v) is 12.1. The van der Waals surface area contributed by atoms with Crippen LogP contribution in [-0.2, 0) is 36.3 Å². The molecule has 0 unspecified atom stereocenters. The van der Waals surface area contributed by atoms with Gasteiger partial charge in [0.1, 0.15) is 0 Å². The van der Waals surface area contributed by atoms with Crippen LogP contribution in [0.5, 0.6) is 0 Å². The number of sulfonamides is 1. The molecule has 0 radical (unpaired) electrons. The van der Waals surface area contributed by atoms with Crippen molar-refractivity contribution in [2.75, 3.05) is 4.72 Å². The first-order valence-electron chi connectivity index (χ1n) is 10.6. The maximum absolute atomic E-state index is 13.3. The molecule has 1 aliphatic carbocycles. The zero-order valence-electron chi connectivity index (χ0n) is 18.1. The summed E-state index contributed by atoms with van der Waals surface area (Å²) in [7, 11) is -2.14. The van der Waals surface area contributed by atoms with Crippen molar-refractivity contribution < 1.29 is 8.42 Å². The molecule has 1 N–H and O–H groups in total. The van der Waals surface area contributed by atoms with E-state index in [2.05, 4.69) is 9.82 Å². The lowest BCUT2D eigenvalue weighted by atomic mass is 9.89. The number of hydrogen-bond acceptors (Lipinski definition) is 4. The largest absolute Gasteiger partial charge is 0.279 e. The number of fused-ring (bicyclic) bond motifs is 1. The van der Waals surface area contributed by atoms with Gasteiger partial charge in [0.25, 0.3) is 15.6 Å². The molecule has 0 saturated carbocycles. The molecule has 0 spiro atoms. The number of benzene rings is 2. The van der Waals surface area contributed by atoms with E-state index in [0.29, 0.717) is 22.5 Å². The normalized spacial score (nSPS) is 13.6. The van der Waals surface area contributed by atoms with Crippen molar-refractivity contribution >= 4 is 15.7 Å². The van der Waals surface area contributed by atoms with Gasteiger partial charge >= 0.3 is 0 Å². The van der Waals surface area contributed by atoms with Gasteiger partial charge in [-0.05, 0) is 67.9 Å². The van der Waals surface area contributed by atoms with Gasteiger partial charge in [-0.25, -0.2) is 13.1 Å². The van der Waals surface area contributed by atoms with Gasteiger partial charge in [0.05, 0.1) is 16.3 Å². The Labute approximate surface area is 183 Å². The van der Waals surface area contributed by atoms with Gasteiger partial charge in [0.15, 0.2) is 0 Å². The summed E-state index contributed by atoms with van der Waals surface area (Å²) in [6.07, 6.45) is 4.24. The van der Waals surface area contributed by atoms with Gasteiger partial charge < -0.3 is 0 Å². The SMILES string of the molecule is CCc1ccccc1NS(=O)(=O)c1cc(-c2nn(C)c(=O)c3c2CCCC3)ccc1C. The first kappa shape index (κ1) is 21.3. The minimum Gasteiger partial charge on any atom is -0.279 e. The molecule has 0 bridgehead atoms. The summed E-state index contributed by atoms with van der Waals surface area (Å²) in [6, 6.07) is 12.8. The fourth-order valence-electron chi connectivity index (χ4n) is 4.25. The van der Waals surface area contributed by atoms with Crippen LogP contribution in [0.15, 0.2) is 52.2 Å². The Kier molecular flexibility index (Phi) is 5.71. The second kappa shape index (κ2) is 8.30. The van der Waals surface area contributed by atoms with Crippen molar-refractivity contribution in [2.45, 2.75) is 50.8 Å². The van der Waals surface area contributed by atoms with Crippen LogP contribution in [0, 0.1) is 6.92 Å². The van der Waals surface area contributed by atoms with E-state index >= 15 is 0 Å². The summed E-state index contributed by atoms with van der Waals surface area (Å²) in [4.78, 5) is 12.8. The van der Waals surface area contributed by atoms with Gasteiger partial charge in [0.2, 0.25) is 0 Å². The van der Waals surface area contributed by atoms with Crippen molar-refractivity contribution in [3.8, 4) is 11.3 Å². The minimum absolute atomic E-state index is 0.0590. The van der Waals surface area contributed by atoms with Gasteiger partial charge in [-0.1, -0.05) is 37.3 Å². The van der Waals surface area contributed by atoms with Crippen LogP contribution in [0.25, 0.3) is 11.3 Å². The molecular formula is C24H27N3O3S.